The third-order valence-corrected chi connectivity index (χ3v) is 6.25. The van der Waals surface area contributed by atoms with Crippen LogP contribution >= 0.6 is 23.2 Å². The first-order valence-electron chi connectivity index (χ1n) is 7.11. The predicted molar refractivity (Wildman–Crippen MR) is 94.2 cm³/mol. The monoisotopic (exact) mass is 398 g/mol. The average Bonchev–Trinajstić information content (AvgIpc) is 2.56. The van der Waals surface area contributed by atoms with Crippen LogP contribution in [0.15, 0.2) is 47.4 Å². The van der Waals surface area contributed by atoms with Crippen molar-refractivity contribution in [3.8, 4) is 0 Å². The molecule has 2 amide bonds. The van der Waals surface area contributed by atoms with Gasteiger partial charge in [-0.05, 0) is 29.8 Å². The molecule has 0 fully saturated rings. The molecule has 6 nitrogen and oxygen atoms in total. The van der Waals surface area contributed by atoms with E-state index in [4.69, 9.17) is 23.2 Å². The summed E-state index contributed by atoms with van der Waals surface area (Å²) in [7, 11) is -2.83. The van der Waals surface area contributed by atoms with E-state index in [1.54, 1.807) is 6.07 Å². The second kappa shape index (κ2) is 6.33. The zero-order valence-corrected chi connectivity index (χ0v) is 15.2. The Bertz CT molecular complexity index is 991. The second-order valence-corrected chi connectivity index (χ2v) is 8.18. The summed E-state index contributed by atoms with van der Waals surface area (Å²) >= 11 is 11.9. The molecule has 9 heteroatoms. The smallest absolute Gasteiger partial charge is 0.266 e. The lowest BCUT2D eigenvalue weighted by Gasteiger charge is -2.30. The maximum Gasteiger partial charge on any atom is 0.266 e. The van der Waals surface area contributed by atoms with Gasteiger partial charge in [0, 0.05) is 12.1 Å². The number of hydrogen-bond acceptors (Lipinski definition) is 4. The Morgan fingerprint density at radius 2 is 1.84 bits per heavy atom. The van der Waals surface area contributed by atoms with Crippen molar-refractivity contribution in [2.24, 2.45) is 0 Å². The molecule has 2 aromatic carbocycles. The first kappa shape index (κ1) is 17.7. The summed E-state index contributed by atoms with van der Waals surface area (Å²) in [5, 5.41) is 3.16. The van der Waals surface area contributed by atoms with Crippen molar-refractivity contribution < 1.29 is 18.0 Å². The molecule has 130 valence electrons. The summed E-state index contributed by atoms with van der Waals surface area (Å²) < 4.78 is 25.3. The quantitative estimate of drug-likeness (QED) is 0.788. The van der Waals surface area contributed by atoms with E-state index in [-0.39, 0.29) is 21.2 Å². The number of carbonyl (C=O) groups is 2. The number of sulfonamides is 1. The Labute approximate surface area is 154 Å². The van der Waals surface area contributed by atoms with Gasteiger partial charge in [0.2, 0.25) is 5.91 Å². The largest absolute Gasteiger partial charge is 0.324 e. The standard InChI is InChI=1S/C16H12Cl2N2O4S/c1-20-16(22)14(10-4-2-3-5-13(10)25(20,23)24)15(21)19-12-7-6-9(17)8-11(12)18/h2-8,14H,1H3,(H,19,21). The van der Waals surface area contributed by atoms with Gasteiger partial charge in [-0.2, -0.15) is 0 Å². The second-order valence-electron chi connectivity index (χ2n) is 5.40. The molecule has 1 N–H and O–H groups in total. The number of nitrogens with zero attached hydrogens (tertiary/aromatic N) is 1. The van der Waals surface area contributed by atoms with Crippen LogP contribution < -0.4 is 5.32 Å². The van der Waals surface area contributed by atoms with Crippen molar-refractivity contribution in [2.45, 2.75) is 10.8 Å². The third-order valence-electron chi connectivity index (χ3n) is 3.88. The third kappa shape index (κ3) is 2.99. The van der Waals surface area contributed by atoms with Crippen molar-refractivity contribution in [2.75, 3.05) is 12.4 Å². The lowest BCUT2D eigenvalue weighted by atomic mass is 9.96. The zero-order chi connectivity index (χ0) is 18.4. The molecular formula is C16H12Cl2N2O4S. The molecule has 0 bridgehead atoms. The van der Waals surface area contributed by atoms with Crippen LogP contribution in [-0.2, 0) is 19.6 Å². The van der Waals surface area contributed by atoms with Crippen molar-refractivity contribution in [3.05, 3.63) is 58.1 Å². The Morgan fingerprint density at radius 1 is 1.16 bits per heavy atom. The summed E-state index contributed by atoms with van der Waals surface area (Å²) in [5.74, 6) is -2.80. The number of rotatable bonds is 2. The van der Waals surface area contributed by atoms with Crippen LogP contribution in [0.25, 0.3) is 0 Å². The molecule has 3 rings (SSSR count). The van der Waals surface area contributed by atoms with E-state index >= 15 is 0 Å². The summed E-state index contributed by atoms with van der Waals surface area (Å²) in [5.41, 5.74) is 0.408. The van der Waals surface area contributed by atoms with Gasteiger partial charge in [-0.25, -0.2) is 12.7 Å². The molecule has 1 heterocycles. The highest BCUT2D eigenvalue weighted by molar-refractivity contribution is 7.89. The van der Waals surface area contributed by atoms with Gasteiger partial charge in [0.25, 0.3) is 15.9 Å². The highest BCUT2D eigenvalue weighted by atomic mass is 35.5. The minimum absolute atomic E-state index is 0.0700. The number of anilines is 1. The van der Waals surface area contributed by atoms with Gasteiger partial charge >= 0.3 is 0 Å². The van der Waals surface area contributed by atoms with Gasteiger partial charge < -0.3 is 5.32 Å². The van der Waals surface area contributed by atoms with Crippen molar-refractivity contribution in [1.82, 2.24) is 4.31 Å². The maximum absolute atomic E-state index is 12.7. The van der Waals surface area contributed by atoms with Gasteiger partial charge in [-0.15, -0.1) is 0 Å². The average molecular weight is 399 g/mol. The Balaban J connectivity index is 2.04. The first-order valence-corrected chi connectivity index (χ1v) is 9.30. The van der Waals surface area contributed by atoms with E-state index < -0.39 is 27.8 Å². The molecule has 1 aliphatic heterocycles. The summed E-state index contributed by atoms with van der Waals surface area (Å²) in [6.07, 6.45) is 0. The molecule has 25 heavy (non-hydrogen) atoms. The minimum atomic E-state index is -3.96. The molecule has 1 atom stereocenters. The molecule has 0 radical (unpaired) electrons. The number of likely N-dealkylation sites (N-methyl/N-ethyl adjacent to an activating group) is 1. The number of hydrogen-bond donors (Lipinski definition) is 1. The fourth-order valence-electron chi connectivity index (χ4n) is 2.58. The molecule has 1 aliphatic rings. The Hall–Kier alpha value is -2.09. The zero-order valence-electron chi connectivity index (χ0n) is 12.9. The van der Waals surface area contributed by atoms with E-state index in [0.717, 1.165) is 7.05 Å². The number of nitrogens with one attached hydrogen (secondary N) is 1. The van der Waals surface area contributed by atoms with Gasteiger partial charge in [-0.1, -0.05) is 41.4 Å². The molecule has 0 spiro atoms. The van der Waals surface area contributed by atoms with Crippen LogP contribution in [0.5, 0.6) is 0 Å². The van der Waals surface area contributed by atoms with Gasteiger partial charge in [0.1, 0.15) is 5.92 Å². The van der Waals surface area contributed by atoms with Crippen LogP contribution in [-0.4, -0.2) is 31.6 Å². The SMILES string of the molecule is CN1C(=O)C(C(=O)Nc2ccc(Cl)cc2Cl)c2ccccc2S1(=O)=O. The fourth-order valence-corrected chi connectivity index (χ4v) is 4.41. The van der Waals surface area contributed by atoms with E-state index in [1.165, 1.54) is 36.4 Å². The molecular weight excluding hydrogens is 387 g/mol. The van der Waals surface area contributed by atoms with Crippen LogP contribution in [0, 0.1) is 0 Å². The fraction of sp³-hybridized carbons (Fsp3) is 0.125. The van der Waals surface area contributed by atoms with Crippen molar-refractivity contribution >= 4 is 50.7 Å². The Kier molecular flexibility index (Phi) is 4.49. The normalized spacial score (nSPS) is 18.6. The molecule has 1 unspecified atom stereocenters. The summed E-state index contributed by atoms with van der Waals surface area (Å²) in [6.45, 7) is 0. The Morgan fingerprint density at radius 3 is 2.52 bits per heavy atom. The van der Waals surface area contributed by atoms with E-state index in [2.05, 4.69) is 5.32 Å². The van der Waals surface area contributed by atoms with Crippen LogP contribution in [0.1, 0.15) is 11.5 Å². The highest BCUT2D eigenvalue weighted by Crippen LogP contribution is 2.35. The van der Waals surface area contributed by atoms with E-state index in [0.29, 0.717) is 9.33 Å². The first-order chi connectivity index (χ1) is 11.7. The van der Waals surface area contributed by atoms with Crippen molar-refractivity contribution in [3.63, 3.8) is 0 Å². The number of benzene rings is 2. The number of carbonyl (C=O) groups excluding carboxylic acids is 2. The van der Waals surface area contributed by atoms with Crippen molar-refractivity contribution in [1.29, 1.82) is 0 Å². The lowest BCUT2D eigenvalue weighted by Crippen LogP contribution is -2.45. The number of halogens is 2. The lowest BCUT2D eigenvalue weighted by molar-refractivity contribution is -0.132. The molecule has 2 aromatic rings. The number of fused-ring (bicyclic) bond motifs is 1. The van der Waals surface area contributed by atoms with Crippen LogP contribution in [0.4, 0.5) is 5.69 Å². The molecule has 0 aliphatic carbocycles. The molecule has 0 saturated carbocycles. The van der Waals surface area contributed by atoms with Gasteiger partial charge in [-0.3, -0.25) is 9.59 Å². The maximum atomic E-state index is 12.7. The summed E-state index contributed by atoms with van der Waals surface area (Å²) in [4.78, 5) is 25.1. The van der Waals surface area contributed by atoms with Gasteiger partial charge in [0.15, 0.2) is 0 Å². The minimum Gasteiger partial charge on any atom is -0.324 e. The highest BCUT2D eigenvalue weighted by Gasteiger charge is 2.44. The van der Waals surface area contributed by atoms with Gasteiger partial charge in [0.05, 0.1) is 15.6 Å². The topological polar surface area (TPSA) is 83.6 Å². The van der Waals surface area contributed by atoms with Crippen LogP contribution in [0.2, 0.25) is 10.0 Å². The predicted octanol–water partition coefficient (Wildman–Crippen LogP) is 2.88. The van der Waals surface area contributed by atoms with E-state index in [1.807, 2.05) is 0 Å². The molecule has 0 saturated heterocycles. The van der Waals surface area contributed by atoms with E-state index in [9.17, 15) is 18.0 Å². The molecule has 0 aromatic heterocycles. The van der Waals surface area contributed by atoms with Crippen LogP contribution in [0.3, 0.4) is 0 Å². The number of amides is 2. The summed E-state index contributed by atoms with van der Waals surface area (Å²) in [6, 6.07) is 10.4.